The van der Waals surface area contributed by atoms with Gasteiger partial charge in [-0.1, -0.05) is 6.92 Å². The minimum Gasteiger partial charge on any atom is -0.336 e. The van der Waals surface area contributed by atoms with E-state index in [9.17, 15) is 4.79 Å². The van der Waals surface area contributed by atoms with Gasteiger partial charge in [0.1, 0.15) is 0 Å². The lowest BCUT2D eigenvalue weighted by Gasteiger charge is -2.19. The first kappa shape index (κ1) is 13.6. The molecule has 0 saturated heterocycles. The number of nitrogens with one attached hydrogen (secondary N) is 1. The number of thioether (sulfide) groups is 1. The van der Waals surface area contributed by atoms with Gasteiger partial charge < -0.3 is 10.2 Å². The van der Waals surface area contributed by atoms with Gasteiger partial charge in [-0.25, -0.2) is 4.79 Å². The summed E-state index contributed by atoms with van der Waals surface area (Å²) in [5, 5.41) is 2.96. The molecule has 84 valence electrons. The first-order valence-corrected chi connectivity index (χ1v) is 6.36. The van der Waals surface area contributed by atoms with E-state index < -0.39 is 0 Å². The standard InChI is InChI=1S/C10H22N2OS/c1-5-12(4)10(13)11-9(3)7-8-14-6-2/h9H,5-8H2,1-4H3,(H,11,13). The molecule has 1 N–H and O–H groups in total. The van der Waals surface area contributed by atoms with E-state index >= 15 is 0 Å². The Balaban J connectivity index is 3.60. The number of nitrogens with zero attached hydrogens (tertiary/aromatic N) is 1. The molecule has 0 aromatic heterocycles. The number of hydrogen-bond acceptors (Lipinski definition) is 2. The highest BCUT2D eigenvalue weighted by Gasteiger charge is 2.09. The Kier molecular flexibility index (Phi) is 7.76. The van der Waals surface area contributed by atoms with Crippen molar-refractivity contribution in [2.75, 3.05) is 25.1 Å². The lowest BCUT2D eigenvalue weighted by molar-refractivity contribution is 0.207. The molecule has 0 aliphatic heterocycles. The minimum absolute atomic E-state index is 0.0292. The van der Waals surface area contributed by atoms with E-state index in [-0.39, 0.29) is 12.1 Å². The summed E-state index contributed by atoms with van der Waals surface area (Å²) in [5.74, 6) is 2.27. The Morgan fingerprint density at radius 1 is 1.50 bits per heavy atom. The molecule has 0 aliphatic rings. The zero-order valence-corrected chi connectivity index (χ0v) is 10.5. The summed E-state index contributed by atoms with van der Waals surface area (Å²) in [6.45, 7) is 6.93. The second-order valence-electron chi connectivity index (χ2n) is 3.35. The van der Waals surface area contributed by atoms with Crippen LogP contribution >= 0.6 is 11.8 Å². The van der Waals surface area contributed by atoms with Crippen LogP contribution in [0.15, 0.2) is 0 Å². The molecule has 0 aromatic carbocycles. The van der Waals surface area contributed by atoms with Crippen molar-refractivity contribution in [3.63, 3.8) is 0 Å². The number of rotatable bonds is 6. The number of amides is 2. The summed E-state index contributed by atoms with van der Waals surface area (Å²) >= 11 is 1.91. The van der Waals surface area contributed by atoms with E-state index in [2.05, 4.69) is 19.2 Å². The van der Waals surface area contributed by atoms with E-state index in [1.165, 1.54) is 0 Å². The van der Waals surface area contributed by atoms with Gasteiger partial charge >= 0.3 is 6.03 Å². The van der Waals surface area contributed by atoms with Crippen LogP contribution in [0.4, 0.5) is 4.79 Å². The summed E-state index contributed by atoms with van der Waals surface area (Å²) in [6.07, 6.45) is 1.04. The van der Waals surface area contributed by atoms with Gasteiger partial charge in [0.05, 0.1) is 0 Å². The number of carbonyl (C=O) groups excluding carboxylic acids is 1. The van der Waals surface area contributed by atoms with Crippen LogP contribution in [0.25, 0.3) is 0 Å². The van der Waals surface area contributed by atoms with Crippen LogP contribution < -0.4 is 5.32 Å². The van der Waals surface area contributed by atoms with Gasteiger partial charge in [0.15, 0.2) is 0 Å². The van der Waals surface area contributed by atoms with Gasteiger partial charge in [0, 0.05) is 19.6 Å². The van der Waals surface area contributed by atoms with E-state index in [0.717, 1.165) is 24.5 Å². The van der Waals surface area contributed by atoms with Crippen molar-refractivity contribution in [3.05, 3.63) is 0 Å². The van der Waals surface area contributed by atoms with Crippen molar-refractivity contribution < 1.29 is 4.79 Å². The van der Waals surface area contributed by atoms with Gasteiger partial charge in [-0.15, -0.1) is 0 Å². The highest BCUT2D eigenvalue weighted by atomic mass is 32.2. The predicted molar refractivity (Wildman–Crippen MR) is 63.9 cm³/mol. The average Bonchev–Trinajstić information content (AvgIpc) is 2.16. The molecular weight excluding hydrogens is 196 g/mol. The van der Waals surface area contributed by atoms with Gasteiger partial charge in [-0.3, -0.25) is 0 Å². The fraction of sp³-hybridized carbons (Fsp3) is 0.900. The first-order chi connectivity index (χ1) is 6.61. The molecule has 0 spiro atoms. The predicted octanol–water partition coefficient (Wildman–Crippen LogP) is 2.18. The van der Waals surface area contributed by atoms with Crippen LogP contribution in [0, 0.1) is 0 Å². The van der Waals surface area contributed by atoms with Gasteiger partial charge in [0.25, 0.3) is 0 Å². The summed E-state index contributed by atoms with van der Waals surface area (Å²) < 4.78 is 0. The Morgan fingerprint density at radius 3 is 2.64 bits per heavy atom. The zero-order valence-electron chi connectivity index (χ0n) is 9.67. The van der Waals surface area contributed by atoms with E-state index in [0.29, 0.717) is 0 Å². The summed E-state index contributed by atoms with van der Waals surface area (Å²) in [7, 11) is 1.81. The average molecular weight is 218 g/mol. The van der Waals surface area contributed by atoms with Crippen molar-refractivity contribution in [3.8, 4) is 0 Å². The third kappa shape index (κ3) is 6.13. The second-order valence-corrected chi connectivity index (χ2v) is 4.74. The fourth-order valence-corrected chi connectivity index (χ4v) is 1.75. The minimum atomic E-state index is 0.0292. The topological polar surface area (TPSA) is 32.3 Å². The SMILES string of the molecule is CCSCCC(C)NC(=O)N(C)CC. The Hall–Kier alpha value is -0.380. The summed E-state index contributed by atoms with van der Waals surface area (Å²) in [4.78, 5) is 13.1. The van der Waals surface area contributed by atoms with Gasteiger partial charge in [0.2, 0.25) is 0 Å². The quantitative estimate of drug-likeness (QED) is 0.693. The van der Waals surface area contributed by atoms with E-state index in [1.807, 2.05) is 25.7 Å². The van der Waals surface area contributed by atoms with Crippen molar-refractivity contribution >= 4 is 17.8 Å². The van der Waals surface area contributed by atoms with Crippen molar-refractivity contribution in [1.82, 2.24) is 10.2 Å². The van der Waals surface area contributed by atoms with E-state index in [4.69, 9.17) is 0 Å². The largest absolute Gasteiger partial charge is 0.336 e. The maximum absolute atomic E-state index is 11.4. The Morgan fingerprint density at radius 2 is 2.14 bits per heavy atom. The maximum atomic E-state index is 11.4. The molecule has 0 bridgehead atoms. The first-order valence-electron chi connectivity index (χ1n) is 5.21. The second kappa shape index (κ2) is 7.97. The highest BCUT2D eigenvalue weighted by Crippen LogP contribution is 2.03. The molecule has 0 fully saturated rings. The van der Waals surface area contributed by atoms with Crippen molar-refractivity contribution in [1.29, 1.82) is 0 Å². The van der Waals surface area contributed by atoms with Crippen LogP contribution in [0.3, 0.4) is 0 Å². The molecule has 0 rings (SSSR count). The molecule has 0 aromatic rings. The molecule has 4 heteroatoms. The number of urea groups is 1. The molecule has 0 saturated carbocycles. The summed E-state index contributed by atoms with van der Waals surface area (Å²) in [5.41, 5.74) is 0. The number of carbonyl (C=O) groups is 1. The molecule has 3 nitrogen and oxygen atoms in total. The summed E-state index contributed by atoms with van der Waals surface area (Å²) in [6, 6.07) is 0.303. The molecule has 0 radical (unpaired) electrons. The van der Waals surface area contributed by atoms with Crippen molar-refractivity contribution in [2.24, 2.45) is 0 Å². The lowest BCUT2D eigenvalue weighted by atomic mass is 10.3. The molecule has 0 heterocycles. The Bertz CT molecular complexity index is 164. The van der Waals surface area contributed by atoms with Crippen LogP contribution in [-0.2, 0) is 0 Å². The molecule has 14 heavy (non-hydrogen) atoms. The molecule has 1 unspecified atom stereocenters. The van der Waals surface area contributed by atoms with Crippen LogP contribution in [0.5, 0.6) is 0 Å². The fourth-order valence-electron chi connectivity index (χ4n) is 0.941. The Labute approximate surface area is 91.6 Å². The normalized spacial score (nSPS) is 12.3. The molecule has 2 amide bonds. The van der Waals surface area contributed by atoms with E-state index in [1.54, 1.807) is 4.90 Å². The van der Waals surface area contributed by atoms with Crippen molar-refractivity contribution in [2.45, 2.75) is 33.2 Å². The number of hydrogen-bond donors (Lipinski definition) is 1. The lowest BCUT2D eigenvalue weighted by Crippen LogP contribution is -2.41. The van der Waals surface area contributed by atoms with Gasteiger partial charge in [-0.2, -0.15) is 11.8 Å². The van der Waals surface area contributed by atoms with Gasteiger partial charge in [-0.05, 0) is 31.8 Å². The zero-order chi connectivity index (χ0) is 11.0. The highest BCUT2D eigenvalue weighted by molar-refractivity contribution is 7.99. The third-order valence-corrected chi connectivity index (χ3v) is 3.02. The third-order valence-electron chi connectivity index (χ3n) is 2.09. The van der Waals surface area contributed by atoms with Crippen LogP contribution in [-0.4, -0.2) is 42.1 Å². The molecular formula is C10H22N2OS. The van der Waals surface area contributed by atoms with Crippen LogP contribution in [0.2, 0.25) is 0 Å². The van der Waals surface area contributed by atoms with Crippen LogP contribution in [0.1, 0.15) is 27.2 Å². The molecule has 1 atom stereocenters. The monoisotopic (exact) mass is 218 g/mol. The molecule has 0 aliphatic carbocycles. The smallest absolute Gasteiger partial charge is 0.317 e. The maximum Gasteiger partial charge on any atom is 0.317 e.